The molecule has 104 valence electrons. The van der Waals surface area contributed by atoms with Crippen LogP contribution in [0.4, 0.5) is 0 Å². The maximum atomic E-state index is 12.4. The molecule has 2 N–H and O–H groups in total. The van der Waals surface area contributed by atoms with Crippen LogP contribution in [0.15, 0.2) is 41.4 Å². The lowest BCUT2D eigenvalue weighted by molar-refractivity contribution is -0.140. The van der Waals surface area contributed by atoms with Crippen LogP contribution in [-0.2, 0) is 14.8 Å². The highest BCUT2D eigenvalue weighted by Gasteiger charge is 2.53. The molecular formula is C13H12N2O4S. The number of carbonyl (C=O) groups is 1. The number of fused-ring (bicyclic) bond motifs is 1. The number of hydrogen-bond donors (Lipinski definition) is 2. The van der Waals surface area contributed by atoms with Gasteiger partial charge in [-0.25, -0.2) is 8.42 Å². The molecule has 1 aliphatic carbocycles. The van der Waals surface area contributed by atoms with E-state index in [2.05, 4.69) is 9.71 Å². The number of aromatic nitrogens is 1. The van der Waals surface area contributed by atoms with Crippen LogP contribution in [0.25, 0.3) is 10.9 Å². The summed E-state index contributed by atoms with van der Waals surface area (Å²) in [5.74, 6) is -1.14. The number of rotatable bonds is 4. The molecule has 0 saturated heterocycles. The van der Waals surface area contributed by atoms with E-state index in [1.54, 1.807) is 30.5 Å². The molecule has 0 aliphatic heterocycles. The van der Waals surface area contributed by atoms with Crippen molar-refractivity contribution in [1.29, 1.82) is 0 Å². The Morgan fingerprint density at radius 1 is 1.25 bits per heavy atom. The van der Waals surface area contributed by atoms with Gasteiger partial charge in [-0.1, -0.05) is 6.07 Å². The standard InChI is InChI=1S/C13H12N2O4S/c16-12(17)13(6-7-13)15-20(18,19)11-5-1-4-10-9(11)3-2-8-14-10/h1-5,8,15H,6-7H2,(H,16,17). The Balaban J connectivity index is 2.08. The van der Waals surface area contributed by atoms with E-state index in [1.165, 1.54) is 6.07 Å². The Bertz CT molecular complexity index is 792. The molecule has 0 spiro atoms. The van der Waals surface area contributed by atoms with E-state index in [1.807, 2.05) is 0 Å². The van der Waals surface area contributed by atoms with Crippen LogP contribution >= 0.6 is 0 Å². The van der Waals surface area contributed by atoms with E-state index in [9.17, 15) is 13.2 Å². The van der Waals surface area contributed by atoms with Gasteiger partial charge in [0.2, 0.25) is 10.0 Å². The van der Waals surface area contributed by atoms with E-state index in [0.717, 1.165) is 0 Å². The molecule has 20 heavy (non-hydrogen) atoms. The Hall–Kier alpha value is -1.99. The van der Waals surface area contributed by atoms with E-state index in [-0.39, 0.29) is 4.90 Å². The zero-order valence-electron chi connectivity index (χ0n) is 10.4. The number of sulfonamides is 1. The largest absolute Gasteiger partial charge is 0.480 e. The van der Waals surface area contributed by atoms with Gasteiger partial charge in [-0.15, -0.1) is 0 Å². The van der Waals surface area contributed by atoms with Crippen LogP contribution in [0.3, 0.4) is 0 Å². The summed E-state index contributed by atoms with van der Waals surface area (Å²) in [6.07, 6.45) is 2.20. The Kier molecular flexibility index (Phi) is 2.77. The van der Waals surface area contributed by atoms with Gasteiger partial charge in [0.25, 0.3) is 0 Å². The molecule has 2 aromatic rings. The van der Waals surface area contributed by atoms with Crippen molar-refractivity contribution in [3.8, 4) is 0 Å². The van der Waals surface area contributed by atoms with Crippen LogP contribution in [0, 0.1) is 0 Å². The second-order valence-electron chi connectivity index (χ2n) is 4.82. The number of hydrogen-bond acceptors (Lipinski definition) is 4. The second kappa shape index (κ2) is 4.26. The summed E-state index contributed by atoms with van der Waals surface area (Å²) in [5, 5.41) is 9.56. The van der Waals surface area contributed by atoms with Gasteiger partial charge in [0.1, 0.15) is 5.54 Å². The SMILES string of the molecule is O=C(O)C1(NS(=O)(=O)c2cccc3ncccc23)CC1. The quantitative estimate of drug-likeness (QED) is 0.880. The third-order valence-corrected chi connectivity index (χ3v) is 4.98. The predicted molar refractivity (Wildman–Crippen MR) is 71.7 cm³/mol. The fourth-order valence-corrected chi connectivity index (χ4v) is 3.74. The van der Waals surface area contributed by atoms with Crippen molar-refractivity contribution >= 4 is 26.9 Å². The Labute approximate surface area is 115 Å². The van der Waals surface area contributed by atoms with Crippen LogP contribution < -0.4 is 4.72 Å². The number of carboxylic acids is 1. The van der Waals surface area contributed by atoms with Gasteiger partial charge in [-0.3, -0.25) is 9.78 Å². The second-order valence-corrected chi connectivity index (χ2v) is 6.47. The minimum absolute atomic E-state index is 0.0515. The molecule has 7 heteroatoms. The third kappa shape index (κ3) is 2.04. The fraction of sp³-hybridized carbons (Fsp3) is 0.231. The molecule has 1 aliphatic rings. The number of nitrogens with zero attached hydrogens (tertiary/aromatic N) is 1. The summed E-state index contributed by atoms with van der Waals surface area (Å²) >= 11 is 0. The smallest absolute Gasteiger partial charge is 0.324 e. The van der Waals surface area contributed by atoms with Crippen molar-refractivity contribution in [3.63, 3.8) is 0 Å². The molecule has 1 saturated carbocycles. The lowest BCUT2D eigenvalue weighted by atomic mass is 10.2. The molecule has 0 amide bonds. The molecule has 1 aromatic heterocycles. The van der Waals surface area contributed by atoms with E-state index < -0.39 is 21.5 Å². The first-order valence-corrected chi connectivity index (χ1v) is 7.54. The highest BCUT2D eigenvalue weighted by molar-refractivity contribution is 7.89. The molecular weight excluding hydrogens is 280 g/mol. The van der Waals surface area contributed by atoms with Crippen molar-refractivity contribution in [2.24, 2.45) is 0 Å². The summed E-state index contributed by atoms with van der Waals surface area (Å²) < 4.78 is 27.1. The van der Waals surface area contributed by atoms with Crippen molar-refractivity contribution in [2.45, 2.75) is 23.3 Å². The molecule has 0 radical (unpaired) electrons. The summed E-state index contributed by atoms with van der Waals surface area (Å²) in [7, 11) is -3.90. The van der Waals surface area contributed by atoms with Crippen LogP contribution in [0.2, 0.25) is 0 Å². The first-order chi connectivity index (χ1) is 9.45. The summed E-state index contributed by atoms with van der Waals surface area (Å²) in [4.78, 5) is 15.3. The van der Waals surface area contributed by atoms with Gasteiger partial charge >= 0.3 is 5.97 Å². The maximum absolute atomic E-state index is 12.4. The zero-order chi connectivity index (χ0) is 14.4. The van der Waals surface area contributed by atoms with Crippen LogP contribution in [0.1, 0.15) is 12.8 Å². The van der Waals surface area contributed by atoms with Gasteiger partial charge in [0, 0.05) is 11.6 Å². The van der Waals surface area contributed by atoms with Gasteiger partial charge in [0.05, 0.1) is 10.4 Å². The molecule has 1 fully saturated rings. The summed E-state index contributed by atoms with van der Waals surface area (Å²) in [6.45, 7) is 0. The number of benzene rings is 1. The Morgan fingerprint density at radius 3 is 2.65 bits per heavy atom. The summed E-state index contributed by atoms with van der Waals surface area (Å²) in [5.41, 5.74) is -0.793. The minimum atomic E-state index is -3.90. The number of carboxylic acid groups (broad SMARTS) is 1. The van der Waals surface area contributed by atoms with Crippen molar-refractivity contribution < 1.29 is 18.3 Å². The van der Waals surface area contributed by atoms with E-state index in [4.69, 9.17) is 5.11 Å². The fourth-order valence-electron chi connectivity index (χ4n) is 2.11. The van der Waals surface area contributed by atoms with Crippen LogP contribution in [0.5, 0.6) is 0 Å². The lowest BCUT2D eigenvalue weighted by Gasteiger charge is -2.14. The van der Waals surface area contributed by atoms with Gasteiger partial charge in [-0.2, -0.15) is 4.72 Å². The normalized spacial score (nSPS) is 17.0. The third-order valence-electron chi connectivity index (χ3n) is 3.38. The van der Waals surface area contributed by atoms with Crippen molar-refractivity contribution in [2.75, 3.05) is 0 Å². The summed E-state index contributed by atoms with van der Waals surface area (Å²) in [6, 6.07) is 8.04. The zero-order valence-corrected chi connectivity index (χ0v) is 11.2. The average molecular weight is 292 g/mol. The van der Waals surface area contributed by atoms with E-state index >= 15 is 0 Å². The number of pyridine rings is 1. The number of aliphatic carboxylic acids is 1. The highest BCUT2D eigenvalue weighted by Crippen LogP contribution is 2.37. The molecule has 0 bridgehead atoms. The number of nitrogens with one attached hydrogen (secondary N) is 1. The van der Waals surface area contributed by atoms with E-state index in [0.29, 0.717) is 23.7 Å². The van der Waals surface area contributed by atoms with Gasteiger partial charge in [-0.05, 0) is 37.1 Å². The van der Waals surface area contributed by atoms with Crippen molar-refractivity contribution in [1.82, 2.24) is 9.71 Å². The maximum Gasteiger partial charge on any atom is 0.324 e. The first-order valence-electron chi connectivity index (χ1n) is 6.06. The molecule has 1 heterocycles. The minimum Gasteiger partial charge on any atom is -0.480 e. The highest BCUT2D eigenvalue weighted by atomic mass is 32.2. The first kappa shape index (κ1) is 13.0. The van der Waals surface area contributed by atoms with Crippen molar-refractivity contribution in [3.05, 3.63) is 36.5 Å². The van der Waals surface area contributed by atoms with Gasteiger partial charge < -0.3 is 5.11 Å². The Morgan fingerprint density at radius 2 is 2.00 bits per heavy atom. The monoisotopic (exact) mass is 292 g/mol. The molecule has 6 nitrogen and oxygen atoms in total. The lowest BCUT2D eigenvalue weighted by Crippen LogP contribution is -2.42. The van der Waals surface area contributed by atoms with Crippen LogP contribution in [-0.4, -0.2) is 30.0 Å². The molecule has 0 unspecified atom stereocenters. The topological polar surface area (TPSA) is 96.4 Å². The van der Waals surface area contributed by atoms with Gasteiger partial charge in [0.15, 0.2) is 0 Å². The predicted octanol–water partition coefficient (Wildman–Crippen LogP) is 1.13. The molecule has 3 rings (SSSR count). The molecule has 1 aromatic carbocycles. The average Bonchev–Trinajstić information content (AvgIpc) is 3.18. The molecule has 0 atom stereocenters.